The van der Waals surface area contributed by atoms with Gasteiger partial charge in [-0.1, -0.05) is 25.4 Å². The number of benzene rings is 1. The van der Waals surface area contributed by atoms with Gasteiger partial charge in [0.2, 0.25) is 0 Å². The van der Waals surface area contributed by atoms with Crippen LogP contribution in [0.5, 0.6) is 0 Å². The highest BCUT2D eigenvalue weighted by Gasteiger charge is 2.18. The molecule has 0 fully saturated rings. The summed E-state index contributed by atoms with van der Waals surface area (Å²) < 4.78 is 31.3. The molecule has 5 heteroatoms. The van der Waals surface area contributed by atoms with E-state index >= 15 is 0 Å². The van der Waals surface area contributed by atoms with Crippen molar-refractivity contribution in [3.05, 3.63) is 28.3 Å². The second-order valence-electron chi connectivity index (χ2n) is 3.77. The van der Waals surface area contributed by atoms with Gasteiger partial charge >= 0.3 is 0 Å². The van der Waals surface area contributed by atoms with Crippen LogP contribution >= 0.6 is 11.6 Å². The van der Waals surface area contributed by atoms with Gasteiger partial charge in [0, 0.05) is 5.02 Å². The van der Waals surface area contributed by atoms with Crippen LogP contribution in [0, 0.1) is 6.92 Å². The van der Waals surface area contributed by atoms with E-state index in [1.54, 1.807) is 13.0 Å². The first kappa shape index (κ1) is 12.5. The highest BCUT2D eigenvalue weighted by molar-refractivity contribution is 7.85. The Bertz CT molecular complexity index is 478. The van der Waals surface area contributed by atoms with Crippen molar-refractivity contribution in [1.29, 1.82) is 0 Å². The van der Waals surface area contributed by atoms with Crippen molar-refractivity contribution in [1.82, 2.24) is 0 Å². The molecule has 0 atom stereocenters. The summed E-state index contributed by atoms with van der Waals surface area (Å²) in [5, 5.41) is 0.506. The number of rotatable bonds is 2. The van der Waals surface area contributed by atoms with Crippen molar-refractivity contribution in [3.8, 4) is 0 Å². The molecule has 0 amide bonds. The lowest BCUT2D eigenvalue weighted by Crippen LogP contribution is -2.05. The Hall–Kier alpha value is -0.580. The van der Waals surface area contributed by atoms with Gasteiger partial charge in [-0.25, -0.2) is 0 Å². The number of hydrogen-bond donors (Lipinski definition) is 1. The quantitative estimate of drug-likeness (QED) is 0.819. The van der Waals surface area contributed by atoms with Crippen LogP contribution in [-0.2, 0) is 10.1 Å². The summed E-state index contributed by atoms with van der Waals surface area (Å²) >= 11 is 5.90. The fraction of sp³-hybridized carbons (Fsp3) is 0.400. The van der Waals surface area contributed by atoms with E-state index in [2.05, 4.69) is 0 Å². The summed E-state index contributed by atoms with van der Waals surface area (Å²) in [7, 11) is -4.18. The molecule has 0 spiro atoms. The van der Waals surface area contributed by atoms with Crippen molar-refractivity contribution >= 4 is 21.7 Å². The second kappa shape index (κ2) is 4.12. The van der Waals surface area contributed by atoms with Gasteiger partial charge in [-0.15, -0.1) is 0 Å². The third-order valence-corrected chi connectivity index (χ3v) is 3.51. The number of halogens is 1. The lowest BCUT2D eigenvalue weighted by molar-refractivity contribution is 0.481. The molecule has 1 aromatic carbocycles. The maximum absolute atomic E-state index is 11.1. The Morgan fingerprint density at radius 3 is 2.27 bits per heavy atom. The monoisotopic (exact) mass is 248 g/mol. The minimum Gasteiger partial charge on any atom is -0.282 e. The average Bonchev–Trinajstić information content (AvgIpc) is 2.06. The van der Waals surface area contributed by atoms with Crippen LogP contribution < -0.4 is 0 Å². The van der Waals surface area contributed by atoms with E-state index in [0.29, 0.717) is 16.1 Å². The van der Waals surface area contributed by atoms with Gasteiger partial charge < -0.3 is 0 Å². The highest BCUT2D eigenvalue weighted by Crippen LogP contribution is 2.29. The molecular formula is C10H13ClO3S. The second-order valence-corrected chi connectivity index (χ2v) is 5.57. The van der Waals surface area contributed by atoms with Gasteiger partial charge in [0.25, 0.3) is 10.1 Å². The summed E-state index contributed by atoms with van der Waals surface area (Å²) in [4.78, 5) is -0.0561. The maximum Gasteiger partial charge on any atom is 0.294 e. The Kier molecular flexibility index (Phi) is 3.43. The van der Waals surface area contributed by atoms with E-state index < -0.39 is 10.1 Å². The Balaban J connectivity index is 3.56. The molecule has 84 valence electrons. The van der Waals surface area contributed by atoms with Crippen molar-refractivity contribution in [2.75, 3.05) is 0 Å². The maximum atomic E-state index is 11.1. The average molecular weight is 249 g/mol. The van der Waals surface area contributed by atoms with E-state index in [1.165, 1.54) is 6.07 Å². The van der Waals surface area contributed by atoms with E-state index in [-0.39, 0.29) is 10.8 Å². The molecule has 0 unspecified atom stereocenters. The van der Waals surface area contributed by atoms with E-state index in [9.17, 15) is 8.42 Å². The van der Waals surface area contributed by atoms with E-state index in [1.807, 2.05) is 13.8 Å². The number of hydrogen-bond acceptors (Lipinski definition) is 2. The Labute approximate surface area is 94.8 Å². The molecular weight excluding hydrogens is 236 g/mol. The van der Waals surface area contributed by atoms with Crippen LogP contribution in [0.2, 0.25) is 5.02 Å². The van der Waals surface area contributed by atoms with Gasteiger partial charge in [0.1, 0.15) is 0 Å². The molecule has 0 aliphatic carbocycles. The Morgan fingerprint density at radius 1 is 1.33 bits per heavy atom. The zero-order valence-corrected chi connectivity index (χ0v) is 10.4. The predicted molar refractivity (Wildman–Crippen MR) is 60.1 cm³/mol. The molecule has 0 aliphatic heterocycles. The van der Waals surface area contributed by atoms with Gasteiger partial charge in [-0.05, 0) is 36.1 Å². The molecule has 0 aliphatic rings. The van der Waals surface area contributed by atoms with Crippen molar-refractivity contribution in [2.45, 2.75) is 31.6 Å². The normalized spacial score (nSPS) is 12.1. The molecule has 3 nitrogen and oxygen atoms in total. The zero-order chi connectivity index (χ0) is 11.8. The lowest BCUT2D eigenvalue weighted by atomic mass is 10.0. The molecule has 0 heterocycles. The first-order valence-electron chi connectivity index (χ1n) is 4.51. The minimum atomic E-state index is -4.18. The summed E-state index contributed by atoms with van der Waals surface area (Å²) in [5.41, 5.74) is 1.17. The third-order valence-electron chi connectivity index (χ3n) is 2.19. The van der Waals surface area contributed by atoms with Crippen LogP contribution in [-0.4, -0.2) is 13.0 Å². The molecule has 1 N–H and O–H groups in total. The van der Waals surface area contributed by atoms with Gasteiger partial charge in [-0.3, -0.25) is 4.55 Å². The minimum absolute atomic E-state index is 0.0139. The molecule has 0 aromatic heterocycles. The van der Waals surface area contributed by atoms with E-state index in [4.69, 9.17) is 16.2 Å². The lowest BCUT2D eigenvalue weighted by Gasteiger charge is -2.12. The predicted octanol–water partition coefficient (Wildman–Crippen LogP) is 3.02. The summed E-state index contributed by atoms with van der Waals surface area (Å²) in [5.74, 6) is -0.0139. The van der Waals surface area contributed by atoms with E-state index in [0.717, 1.165) is 0 Å². The Morgan fingerprint density at radius 2 is 1.87 bits per heavy atom. The van der Waals surface area contributed by atoms with Crippen LogP contribution in [0.25, 0.3) is 0 Å². The largest absolute Gasteiger partial charge is 0.294 e. The first-order valence-corrected chi connectivity index (χ1v) is 6.33. The van der Waals surface area contributed by atoms with Crippen molar-refractivity contribution in [3.63, 3.8) is 0 Å². The zero-order valence-electron chi connectivity index (χ0n) is 8.78. The summed E-state index contributed by atoms with van der Waals surface area (Å²) in [6.07, 6.45) is 0. The first-order chi connectivity index (χ1) is 6.73. The summed E-state index contributed by atoms with van der Waals surface area (Å²) in [6.45, 7) is 5.38. The standard InChI is InChI=1S/C10H13ClO3S/c1-6(2)8-5-9(11)7(3)4-10(8)15(12,13)14/h4-6H,1-3H3,(H,12,13,14). The number of aryl methyl sites for hydroxylation is 1. The fourth-order valence-electron chi connectivity index (χ4n) is 1.34. The van der Waals surface area contributed by atoms with Crippen LogP contribution in [0.1, 0.15) is 30.9 Å². The molecule has 0 radical (unpaired) electrons. The fourth-order valence-corrected chi connectivity index (χ4v) is 2.44. The molecule has 15 heavy (non-hydrogen) atoms. The third kappa shape index (κ3) is 2.71. The van der Waals surface area contributed by atoms with Crippen LogP contribution in [0.3, 0.4) is 0 Å². The van der Waals surface area contributed by atoms with Gasteiger partial charge in [0.05, 0.1) is 4.90 Å². The van der Waals surface area contributed by atoms with Crippen molar-refractivity contribution < 1.29 is 13.0 Å². The smallest absolute Gasteiger partial charge is 0.282 e. The van der Waals surface area contributed by atoms with Crippen LogP contribution in [0.15, 0.2) is 17.0 Å². The van der Waals surface area contributed by atoms with Gasteiger partial charge in [0.15, 0.2) is 0 Å². The summed E-state index contributed by atoms with van der Waals surface area (Å²) in [6, 6.07) is 2.98. The molecule has 0 saturated carbocycles. The SMILES string of the molecule is Cc1cc(S(=O)(=O)O)c(C(C)C)cc1Cl. The van der Waals surface area contributed by atoms with Gasteiger partial charge in [-0.2, -0.15) is 8.42 Å². The molecule has 0 saturated heterocycles. The highest BCUT2D eigenvalue weighted by atomic mass is 35.5. The topological polar surface area (TPSA) is 54.4 Å². The molecule has 1 aromatic rings. The van der Waals surface area contributed by atoms with Crippen LogP contribution in [0.4, 0.5) is 0 Å². The molecule has 1 rings (SSSR count). The molecule has 0 bridgehead atoms. The van der Waals surface area contributed by atoms with Crippen molar-refractivity contribution in [2.24, 2.45) is 0 Å².